The van der Waals surface area contributed by atoms with Crippen LogP contribution in [0, 0.1) is 6.92 Å². The third-order valence-corrected chi connectivity index (χ3v) is 3.35. The summed E-state index contributed by atoms with van der Waals surface area (Å²) in [6, 6.07) is 16.0. The van der Waals surface area contributed by atoms with E-state index in [4.69, 9.17) is 0 Å². The Morgan fingerprint density at radius 2 is 1.52 bits per heavy atom. The van der Waals surface area contributed by atoms with Gasteiger partial charge in [-0.15, -0.1) is 0 Å². The summed E-state index contributed by atoms with van der Waals surface area (Å²) in [5.74, 6) is -0.0307. The molecule has 0 aromatic heterocycles. The number of carbonyl (C=O) groups excluding carboxylic acids is 1. The van der Waals surface area contributed by atoms with Crippen molar-refractivity contribution in [3.8, 4) is 0 Å². The molecule has 0 saturated heterocycles. The average Bonchev–Trinajstić information content (AvgIpc) is 2.46. The van der Waals surface area contributed by atoms with Gasteiger partial charge in [-0.05, 0) is 24.6 Å². The van der Waals surface area contributed by atoms with Crippen molar-refractivity contribution >= 4 is 5.91 Å². The minimum absolute atomic E-state index is 0.0307. The van der Waals surface area contributed by atoms with E-state index < -0.39 is 0 Å². The standard InChI is InChI=1S/C18H22N2O/c1-14-4-10-17(11-5-14)18(21)19-12-15-6-8-16(9-7-15)13-20(2)3/h4-11H,12-13H2,1-3H3,(H,19,21)/p+1. The molecule has 0 unspecified atom stereocenters. The van der Waals surface area contributed by atoms with Gasteiger partial charge in [0.15, 0.2) is 0 Å². The Morgan fingerprint density at radius 1 is 0.952 bits per heavy atom. The molecule has 3 nitrogen and oxygen atoms in total. The monoisotopic (exact) mass is 283 g/mol. The number of benzene rings is 2. The molecule has 110 valence electrons. The number of hydrogen-bond donors (Lipinski definition) is 2. The van der Waals surface area contributed by atoms with Crippen LogP contribution in [-0.4, -0.2) is 20.0 Å². The molecule has 0 heterocycles. The van der Waals surface area contributed by atoms with E-state index in [1.165, 1.54) is 10.5 Å². The van der Waals surface area contributed by atoms with Gasteiger partial charge in [-0.1, -0.05) is 42.0 Å². The normalized spacial score (nSPS) is 10.7. The molecule has 2 N–H and O–H groups in total. The number of quaternary nitrogens is 1. The Bertz CT molecular complexity index is 586. The molecule has 1 amide bonds. The van der Waals surface area contributed by atoms with Crippen LogP contribution >= 0.6 is 0 Å². The van der Waals surface area contributed by atoms with Crippen molar-refractivity contribution in [1.82, 2.24) is 5.32 Å². The Hall–Kier alpha value is -2.13. The van der Waals surface area contributed by atoms with Crippen LogP contribution in [0.15, 0.2) is 48.5 Å². The largest absolute Gasteiger partial charge is 0.348 e. The van der Waals surface area contributed by atoms with Crippen molar-refractivity contribution in [2.75, 3.05) is 14.1 Å². The third-order valence-electron chi connectivity index (χ3n) is 3.35. The maximum Gasteiger partial charge on any atom is 0.251 e. The van der Waals surface area contributed by atoms with Gasteiger partial charge in [0.1, 0.15) is 6.54 Å². The van der Waals surface area contributed by atoms with Crippen molar-refractivity contribution in [2.45, 2.75) is 20.0 Å². The minimum atomic E-state index is -0.0307. The van der Waals surface area contributed by atoms with Gasteiger partial charge in [-0.2, -0.15) is 0 Å². The lowest BCUT2D eigenvalue weighted by molar-refractivity contribution is -0.872. The molecule has 0 spiro atoms. The topological polar surface area (TPSA) is 33.5 Å². The quantitative estimate of drug-likeness (QED) is 0.858. The van der Waals surface area contributed by atoms with Crippen LogP contribution in [0.2, 0.25) is 0 Å². The molecule has 3 heteroatoms. The van der Waals surface area contributed by atoms with Crippen LogP contribution in [0.5, 0.6) is 0 Å². The average molecular weight is 283 g/mol. The fourth-order valence-electron chi connectivity index (χ4n) is 2.17. The van der Waals surface area contributed by atoms with E-state index in [1.54, 1.807) is 0 Å². The number of amides is 1. The molecule has 0 saturated carbocycles. The molecule has 0 aliphatic heterocycles. The zero-order valence-corrected chi connectivity index (χ0v) is 12.9. The highest BCUT2D eigenvalue weighted by Crippen LogP contribution is 2.05. The summed E-state index contributed by atoms with van der Waals surface area (Å²) in [6.07, 6.45) is 0. The Kier molecular flexibility index (Phi) is 5.12. The predicted octanol–water partition coefficient (Wildman–Crippen LogP) is 1.57. The minimum Gasteiger partial charge on any atom is -0.348 e. The van der Waals surface area contributed by atoms with E-state index in [-0.39, 0.29) is 5.91 Å². The first-order valence-electron chi connectivity index (χ1n) is 7.26. The lowest BCUT2D eigenvalue weighted by Crippen LogP contribution is -3.04. The molecule has 2 aromatic rings. The maximum atomic E-state index is 12.0. The molecular weight excluding hydrogens is 260 g/mol. The van der Waals surface area contributed by atoms with Gasteiger partial charge in [0.05, 0.1) is 14.1 Å². The predicted molar refractivity (Wildman–Crippen MR) is 85.3 cm³/mol. The zero-order chi connectivity index (χ0) is 15.2. The van der Waals surface area contributed by atoms with Crippen LogP contribution < -0.4 is 10.2 Å². The third kappa shape index (κ3) is 4.72. The molecular formula is C18H23N2O+. The highest BCUT2D eigenvalue weighted by molar-refractivity contribution is 5.94. The molecule has 2 rings (SSSR count). The van der Waals surface area contributed by atoms with Crippen molar-refractivity contribution in [1.29, 1.82) is 0 Å². The summed E-state index contributed by atoms with van der Waals surface area (Å²) in [7, 11) is 4.27. The van der Waals surface area contributed by atoms with Crippen LogP contribution in [-0.2, 0) is 13.1 Å². The Labute approximate surface area is 126 Å². The second-order valence-electron chi connectivity index (χ2n) is 5.75. The first-order chi connectivity index (χ1) is 10.0. The van der Waals surface area contributed by atoms with E-state index in [0.29, 0.717) is 12.1 Å². The van der Waals surface area contributed by atoms with E-state index in [0.717, 1.165) is 17.7 Å². The van der Waals surface area contributed by atoms with Crippen LogP contribution in [0.3, 0.4) is 0 Å². The lowest BCUT2D eigenvalue weighted by atomic mass is 10.1. The van der Waals surface area contributed by atoms with Gasteiger partial charge in [0.2, 0.25) is 0 Å². The highest BCUT2D eigenvalue weighted by atomic mass is 16.1. The summed E-state index contributed by atoms with van der Waals surface area (Å²) < 4.78 is 0. The number of nitrogens with one attached hydrogen (secondary N) is 2. The second kappa shape index (κ2) is 7.04. The van der Waals surface area contributed by atoms with E-state index in [9.17, 15) is 4.79 Å². The second-order valence-corrected chi connectivity index (χ2v) is 5.75. The van der Waals surface area contributed by atoms with Crippen LogP contribution in [0.25, 0.3) is 0 Å². The van der Waals surface area contributed by atoms with Gasteiger partial charge in [0.25, 0.3) is 5.91 Å². The summed E-state index contributed by atoms with van der Waals surface area (Å²) in [5.41, 5.74) is 4.29. The summed E-state index contributed by atoms with van der Waals surface area (Å²) in [4.78, 5) is 13.4. The Balaban J connectivity index is 1.90. The molecule has 0 fully saturated rings. The molecule has 0 aliphatic rings. The van der Waals surface area contributed by atoms with Crippen molar-refractivity contribution in [3.05, 3.63) is 70.8 Å². The number of hydrogen-bond acceptors (Lipinski definition) is 1. The SMILES string of the molecule is Cc1ccc(C(=O)NCc2ccc(C[NH+](C)C)cc2)cc1. The van der Waals surface area contributed by atoms with Gasteiger partial charge in [-0.25, -0.2) is 0 Å². The van der Waals surface area contributed by atoms with Crippen molar-refractivity contribution in [3.63, 3.8) is 0 Å². The first-order valence-corrected chi connectivity index (χ1v) is 7.26. The molecule has 21 heavy (non-hydrogen) atoms. The fraction of sp³-hybridized carbons (Fsp3) is 0.278. The Morgan fingerprint density at radius 3 is 2.10 bits per heavy atom. The number of carbonyl (C=O) groups is 1. The summed E-state index contributed by atoms with van der Waals surface area (Å²) in [6.45, 7) is 3.58. The van der Waals surface area contributed by atoms with Crippen LogP contribution in [0.4, 0.5) is 0 Å². The van der Waals surface area contributed by atoms with E-state index in [1.807, 2.05) is 31.2 Å². The van der Waals surface area contributed by atoms with E-state index >= 15 is 0 Å². The molecule has 0 bridgehead atoms. The van der Waals surface area contributed by atoms with Gasteiger partial charge < -0.3 is 10.2 Å². The summed E-state index contributed by atoms with van der Waals surface area (Å²) >= 11 is 0. The number of aryl methyl sites for hydroxylation is 1. The first kappa shape index (κ1) is 15.3. The molecule has 0 aliphatic carbocycles. The number of rotatable bonds is 5. The smallest absolute Gasteiger partial charge is 0.251 e. The van der Waals surface area contributed by atoms with Crippen LogP contribution in [0.1, 0.15) is 27.0 Å². The van der Waals surface area contributed by atoms with Gasteiger partial charge in [0, 0.05) is 17.7 Å². The molecule has 2 aromatic carbocycles. The highest BCUT2D eigenvalue weighted by Gasteiger charge is 2.05. The summed E-state index contributed by atoms with van der Waals surface area (Å²) in [5, 5.41) is 2.95. The van der Waals surface area contributed by atoms with Gasteiger partial charge >= 0.3 is 0 Å². The fourth-order valence-corrected chi connectivity index (χ4v) is 2.17. The van der Waals surface area contributed by atoms with E-state index in [2.05, 4.69) is 43.7 Å². The lowest BCUT2D eigenvalue weighted by Gasteiger charge is -2.09. The molecule has 0 radical (unpaired) electrons. The molecule has 0 atom stereocenters. The maximum absolute atomic E-state index is 12.0. The van der Waals surface area contributed by atoms with Gasteiger partial charge in [-0.3, -0.25) is 4.79 Å². The van der Waals surface area contributed by atoms with Crippen molar-refractivity contribution < 1.29 is 9.69 Å². The zero-order valence-electron chi connectivity index (χ0n) is 12.9. The van der Waals surface area contributed by atoms with Crippen molar-refractivity contribution in [2.24, 2.45) is 0 Å².